The van der Waals surface area contributed by atoms with Crippen molar-refractivity contribution in [1.82, 2.24) is 0 Å². The molecule has 0 aliphatic heterocycles. The van der Waals surface area contributed by atoms with Gasteiger partial charge in [0.2, 0.25) is 0 Å². The second-order valence-electron chi connectivity index (χ2n) is 8.31. The molecular formula is C31H20N2O6. The summed E-state index contributed by atoms with van der Waals surface area (Å²) in [6.07, 6.45) is 0. The highest BCUT2D eigenvalue weighted by Crippen LogP contribution is 2.28. The normalized spacial score (nSPS) is 10.0. The third-order valence-electron chi connectivity index (χ3n) is 5.56. The fraction of sp³-hybridized carbons (Fsp3) is 0.0645. The molecule has 0 saturated heterocycles. The number of Topliss-reactive ketones (excluding diaryl/α,β-unsaturated/α-hetero) is 1. The average Bonchev–Trinajstić information content (AvgIpc) is 2.96. The molecule has 4 rings (SSSR count). The topological polar surface area (TPSA) is 126 Å². The molecule has 0 unspecified atom stereocenters. The third-order valence-corrected chi connectivity index (χ3v) is 5.56. The molecule has 0 aliphatic rings. The van der Waals surface area contributed by atoms with Gasteiger partial charge in [-0.2, -0.15) is 10.5 Å². The van der Waals surface area contributed by atoms with Gasteiger partial charge in [0.05, 0.1) is 16.7 Å². The standard InChI is InChI=1S/C31H20N2O6/c1-20-8-10-22(11-9-20)31(36)39-25-14-12-21(13-15-25)28(34)19-37-30(35)23-4-2-6-26(16-23)38-29-7-3-5-24(17-32)27(29)18-33/h2-16H,19H2,1H3. The molecule has 0 fully saturated rings. The maximum absolute atomic E-state index is 12.6. The highest BCUT2D eigenvalue weighted by molar-refractivity contribution is 5.99. The Kier molecular flexibility index (Phi) is 8.11. The van der Waals surface area contributed by atoms with E-state index in [0.717, 1.165) is 5.56 Å². The molecule has 8 heteroatoms. The number of rotatable bonds is 8. The molecule has 4 aromatic rings. The summed E-state index contributed by atoms with van der Waals surface area (Å²) in [5.41, 5.74) is 2.08. The molecule has 0 amide bonds. The molecule has 0 atom stereocenters. The van der Waals surface area contributed by atoms with Crippen molar-refractivity contribution < 1.29 is 28.6 Å². The van der Waals surface area contributed by atoms with Crippen LogP contribution in [0.25, 0.3) is 0 Å². The second kappa shape index (κ2) is 12.0. The lowest BCUT2D eigenvalue weighted by Crippen LogP contribution is -2.14. The summed E-state index contributed by atoms with van der Waals surface area (Å²) in [5.74, 6) is -1.02. The van der Waals surface area contributed by atoms with Crippen LogP contribution in [0.3, 0.4) is 0 Å². The van der Waals surface area contributed by atoms with Crippen molar-refractivity contribution in [2.24, 2.45) is 0 Å². The summed E-state index contributed by atoms with van der Waals surface area (Å²) < 4.78 is 16.2. The summed E-state index contributed by atoms with van der Waals surface area (Å²) in [7, 11) is 0. The van der Waals surface area contributed by atoms with Crippen LogP contribution in [0.2, 0.25) is 0 Å². The lowest BCUT2D eigenvalue weighted by atomic mass is 10.1. The molecule has 0 aliphatic carbocycles. The summed E-state index contributed by atoms with van der Waals surface area (Å²) in [6.45, 7) is 1.41. The van der Waals surface area contributed by atoms with E-state index in [1.54, 1.807) is 30.3 Å². The number of nitriles is 2. The molecule has 0 N–H and O–H groups in total. The predicted molar refractivity (Wildman–Crippen MR) is 140 cm³/mol. The van der Waals surface area contributed by atoms with Crippen molar-refractivity contribution in [3.05, 3.63) is 124 Å². The van der Waals surface area contributed by atoms with Crippen LogP contribution in [0.4, 0.5) is 0 Å². The molecule has 39 heavy (non-hydrogen) atoms. The van der Waals surface area contributed by atoms with Crippen molar-refractivity contribution >= 4 is 17.7 Å². The Labute approximate surface area is 224 Å². The van der Waals surface area contributed by atoms with E-state index in [2.05, 4.69) is 0 Å². The molecule has 0 radical (unpaired) electrons. The molecule has 0 spiro atoms. The minimum atomic E-state index is -0.747. The third kappa shape index (κ3) is 6.53. The first-order valence-electron chi connectivity index (χ1n) is 11.7. The number of hydrogen-bond donors (Lipinski definition) is 0. The van der Waals surface area contributed by atoms with Gasteiger partial charge in [-0.25, -0.2) is 9.59 Å². The minimum Gasteiger partial charge on any atom is -0.456 e. The van der Waals surface area contributed by atoms with Gasteiger partial charge in [-0.1, -0.05) is 29.8 Å². The van der Waals surface area contributed by atoms with Gasteiger partial charge in [-0.05, 0) is 73.7 Å². The largest absolute Gasteiger partial charge is 0.456 e. The van der Waals surface area contributed by atoms with Gasteiger partial charge in [0, 0.05) is 5.56 Å². The van der Waals surface area contributed by atoms with Crippen LogP contribution in [0.1, 0.15) is 47.8 Å². The Balaban J connectivity index is 1.35. The van der Waals surface area contributed by atoms with Crippen LogP contribution < -0.4 is 9.47 Å². The zero-order valence-corrected chi connectivity index (χ0v) is 20.7. The first-order chi connectivity index (χ1) is 18.9. The number of nitrogens with zero attached hydrogens (tertiary/aromatic N) is 2. The lowest BCUT2D eigenvalue weighted by Gasteiger charge is -2.10. The van der Waals surface area contributed by atoms with E-state index in [4.69, 9.17) is 14.2 Å². The summed E-state index contributed by atoms with van der Waals surface area (Å²) in [5, 5.41) is 18.5. The van der Waals surface area contributed by atoms with E-state index in [1.165, 1.54) is 48.5 Å². The Bertz CT molecular complexity index is 1630. The number of hydrogen-bond acceptors (Lipinski definition) is 8. The number of benzene rings is 4. The molecule has 190 valence electrons. The van der Waals surface area contributed by atoms with Crippen molar-refractivity contribution in [3.8, 4) is 29.4 Å². The van der Waals surface area contributed by atoms with E-state index >= 15 is 0 Å². The van der Waals surface area contributed by atoms with Crippen molar-refractivity contribution in [1.29, 1.82) is 10.5 Å². The first-order valence-corrected chi connectivity index (χ1v) is 11.7. The van der Waals surface area contributed by atoms with Crippen LogP contribution in [-0.2, 0) is 4.74 Å². The van der Waals surface area contributed by atoms with Crippen LogP contribution in [0, 0.1) is 29.6 Å². The molecule has 0 bridgehead atoms. The maximum atomic E-state index is 12.6. The van der Waals surface area contributed by atoms with Gasteiger partial charge < -0.3 is 14.2 Å². The zero-order chi connectivity index (χ0) is 27.8. The molecule has 4 aromatic carbocycles. The number of esters is 2. The SMILES string of the molecule is Cc1ccc(C(=O)Oc2ccc(C(=O)COC(=O)c3cccc(Oc4cccc(C#N)c4C#N)c3)cc2)cc1. The maximum Gasteiger partial charge on any atom is 0.343 e. The van der Waals surface area contributed by atoms with Gasteiger partial charge in [0.25, 0.3) is 0 Å². The molecule has 8 nitrogen and oxygen atoms in total. The zero-order valence-electron chi connectivity index (χ0n) is 20.7. The second-order valence-corrected chi connectivity index (χ2v) is 8.31. The monoisotopic (exact) mass is 516 g/mol. The predicted octanol–water partition coefficient (Wildman–Crippen LogP) is 5.79. The molecule has 0 saturated carbocycles. The Morgan fingerprint density at radius 2 is 1.41 bits per heavy atom. The van der Waals surface area contributed by atoms with Crippen molar-refractivity contribution in [2.75, 3.05) is 6.61 Å². The minimum absolute atomic E-state index is 0.0783. The Morgan fingerprint density at radius 1 is 0.718 bits per heavy atom. The quantitative estimate of drug-likeness (QED) is 0.164. The summed E-state index contributed by atoms with van der Waals surface area (Å²) in [4.78, 5) is 37.4. The van der Waals surface area contributed by atoms with Crippen LogP contribution in [0.5, 0.6) is 17.2 Å². The fourth-order valence-electron chi connectivity index (χ4n) is 3.50. The smallest absolute Gasteiger partial charge is 0.343 e. The van der Waals surface area contributed by atoms with E-state index < -0.39 is 24.3 Å². The number of aryl methyl sites for hydroxylation is 1. The number of carbonyl (C=O) groups is 3. The number of carbonyl (C=O) groups excluding carboxylic acids is 3. The number of ether oxygens (including phenoxy) is 3. The van der Waals surface area contributed by atoms with Crippen LogP contribution in [0.15, 0.2) is 91.0 Å². The van der Waals surface area contributed by atoms with Gasteiger partial charge in [-0.15, -0.1) is 0 Å². The van der Waals surface area contributed by atoms with Gasteiger partial charge in [-0.3, -0.25) is 4.79 Å². The number of ketones is 1. The lowest BCUT2D eigenvalue weighted by molar-refractivity contribution is 0.0474. The average molecular weight is 517 g/mol. The van der Waals surface area contributed by atoms with E-state index in [0.29, 0.717) is 5.56 Å². The van der Waals surface area contributed by atoms with E-state index in [-0.39, 0.29) is 39.5 Å². The van der Waals surface area contributed by atoms with E-state index in [1.807, 2.05) is 31.2 Å². The van der Waals surface area contributed by atoms with Crippen molar-refractivity contribution in [3.63, 3.8) is 0 Å². The van der Waals surface area contributed by atoms with Crippen LogP contribution >= 0.6 is 0 Å². The van der Waals surface area contributed by atoms with E-state index in [9.17, 15) is 24.9 Å². The fourth-order valence-corrected chi connectivity index (χ4v) is 3.50. The van der Waals surface area contributed by atoms with Crippen LogP contribution in [-0.4, -0.2) is 24.3 Å². The van der Waals surface area contributed by atoms with Gasteiger partial charge in [0.15, 0.2) is 12.4 Å². The first kappa shape index (κ1) is 26.3. The highest BCUT2D eigenvalue weighted by atomic mass is 16.5. The summed E-state index contributed by atoms with van der Waals surface area (Å²) >= 11 is 0. The Hall–Kier alpha value is -5.73. The summed E-state index contributed by atoms with van der Waals surface area (Å²) in [6, 6.07) is 27.4. The molecule has 0 aromatic heterocycles. The molecular weight excluding hydrogens is 496 g/mol. The Morgan fingerprint density at radius 3 is 2.10 bits per heavy atom. The van der Waals surface area contributed by atoms with Gasteiger partial charge >= 0.3 is 11.9 Å². The van der Waals surface area contributed by atoms with Crippen molar-refractivity contribution in [2.45, 2.75) is 6.92 Å². The highest BCUT2D eigenvalue weighted by Gasteiger charge is 2.15. The van der Waals surface area contributed by atoms with Gasteiger partial charge in [0.1, 0.15) is 35.0 Å². The molecule has 0 heterocycles.